The zero-order chi connectivity index (χ0) is 11.5. The van der Waals surface area contributed by atoms with Gasteiger partial charge in [0.1, 0.15) is 12.4 Å². The number of rotatable bonds is 4. The fourth-order valence-corrected chi connectivity index (χ4v) is 2.13. The van der Waals surface area contributed by atoms with Gasteiger partial charge >= 0.3 is 0 Å². The molecule has 0 aromatic heterocycles. The van der Waals surface area contributed by atoms with Crippen molar-refractivity contribution in [3.05, 3.63) is 28.8 Å². The van der Waals surface area contributed by atoms with Crippen LogP contribution in [0.5, 0.6) is 5.75 Å². The maximum atomic E-state index is 5.99. The molecule has 1 saturated carbocycles. The molecule has 1 aliphatic rings. The Morgan fingerprint density at radius 2 is 2.29 bits per heavy atom. The van der Waals surface area contributed by atoms with Gasteiger partial charge in [0, 0.05) is 5.02 Å². The monoisotopic (exact) mass is 271 g/mol. The topological polar surface area (TPSA) is 35.2 Å². The molecule has 0 amide bonds. The predicted octanol–water partition coefficient (Wildman–Crippen LogP) is 2.84. The van der Waals surface area contributed by atoms with Crippen LogP contribution in [0.4, 0.5) is 0 Å². The largest absolute Gasteiger partial charge is 0.481 e. The van der Waals surface area contributed by atoms with E-state index in [0.717, 1.165) is 22.8 Å². The minimum atomic E-state index is 0. The summed E-state index contributed by atoms with van der Waals surface area (Å²) in [6.07, 6.45) is 6.29. The zero-order valence-corrected chi connectivity index (χ0v) is 10.9. The van der Waals surface area contributed by atoms with Crippen molar-refractivity contribution in [3.63, 3.8) is 0 Å². The van der Waals surface area contributed by atoms with Gasteiger partial charge in [0.2, 0.25) is 0 Å². The van der Waals surface area contributed by atoms with E-state index in [0.29, 0.717) is 18.4 Å². The molecule has 4 heteroatoms. The van der Waals surface area contributed by atoms with Crippen molar-refractivity contribution < 1.29 is 4.74 Å². The lowest BCUT2D eigenvalue weighted by atomic mass is 10.1. The molecule has 0 spiro atoms. The summed E-state index contributed by atoms with van der Waals surface area (Å²) in [6, 6.07) is 5.64. The number of terminal acetylenes is 1. The van der Waals surface area contributed by atoms with Crippen molar-refractivity contribution in [2.24, 2.45) is 11.7 Å². The Morgan fingerprint density at radius 3 is 2.88 bits per heavy atom. The SMILES string of the molecule is C#CCOc1ccc(Cl)cc1[C@H]1C[C@@H]1CN.Cl. The summed E-state index contributed by atoms with van der Waals surface area (Å²) in [7, 11) is 0. The molecule has 0 unspecified atom stereocenters. The van der Waals surface area contributed by atoms with Crippen molar-refractivity contribution in [3.8, 4) is 18.1 Å². The van der Waals surface area contributed by atoms with Crippen LogP contribution in [0, 0.1) is 18.3 Å². The highest BCUT2D eigenvalue weighted by Crippen LogP contribution is 2.50. The minimum Gasteiger partial charge on any atom is -0.481 e. The molecule has 1 aliphatic carbocycles. The van der Waals surface area contributed by atoms with Crippen molar-refractivity contribution >= 4 is 24.0 Å². The molecule has 1 fully saturated rings. The average Bonchev–Trinajstić information content (AvgIpc) is 3.06. The third-order valence-electron chi connectivity index (χ3n) is 2.91. The number of hydrogen-bond donors (Lipinski definition) is 1. The van der Waals surface area contributed by atoms with Crippen LogP contribution in [0.25, 0.3) is 0 Å². The normalized spacial score (nSPS) is 21.2. The Hall–Kier alpha value is -0.880. The summed E-state index contributed by atoms with van der Waals surface area (Å²) < 4.78 is 5.50. The van der Waals surface area contributed by atoms with E-state index in [4.69, 9.17) is 28.5 Å². The number of hydrogen-bond acceptors (Lipinski definition) is 2. The van der Waals surface area contributed by atoms with Gasteiger partial charge in [0.05, 0.1) is 0 Å². The number of ether oxygens (including phenoxy) is 1. The minimum absolute atomic E-state index is 0. The van der Waals surface area contributed by atoms with Crippen molar-refractivity contribution in [1.82, 2.24) is 0 Å². The Bertz CT molecular complexity index is 428. The van der Waals surface area contributed by atoms with Gasteiger partial charge in [-0.05, 0) is 48.6 Å². The lowest BCUT2D eigenvalue weighted by Gasteiger charge is -2.09. The number of benzene rings is 1. The first-order valence-electron chi connectivity index (χ1n) is 5.32. The molecule has 0 heterocycles. The maximum absolute atomic E-state index is 5.99. The van der Waals surface area contributed by atoms with Crippen molar-refractivity contribution in [2.75, 3.05) is 13.2 Å². The smallest absolute Gasteiger partial charge is 0.148 e. The average molecular weight is 272 g/mol. The van der Waals surface area contributed by atoms with Gasteiger partial charge in [-0.25, -0.2) is 0 Å². The number of nitrogens with two attached hydrogens (primary N) is 1. The molecule has 0 saturated heterocycles. The standard InChI is InChI=1S/C13H14ClNO.ClH/c1-2-5-16-13-4-3-10(14)7-12(13)11-6-9(11)8-15;/h1,3-4,7,9,11H,5-6,8,15H2;1H/t9-,11+;/m1./s1. The van der Waals surface area contributed by atoms with Gasteiger partial charge in [0.15, 0.2) is 0 Å². The molecule has 2 N–H and O–H groups in total. The van der Waals surface area contributed by atoms with E-state index >= 15 is 0 Å². The lowest BCUT2D eigenvalue weighted by Crippen LogP contribution is -2.03. The summed E-state index contributed by atoms with van der Waals surface area (Å²) in [5, 5.41) is 0.728. The van der Waals surface area contributed by atoms with E-state index in [9.17, 15) is 0 Å². The first-order chi connectivity index (χ1) is 7.76. The van der Waals surface area contributed by atoms with E-state index < -0.39 is 0 Å². The Labute approximate surface area is 113 Å². The van der Waals surface area contributed by atoms with E-state index in [-0.39, 0.29) is 19.0 Å². The van der Waals surface area contributed by atoms with E-state index in [1.807, 2.05) is 18.2 Å². The molecule has 92 valence electrons. The van der Waals surface area contributed by atoms with Gasteiger partial charge < -0.3 is 10.5 Å². The fourth-order valence-electron chi connectivity index (χ4n) is 1.95. The predicted molar refractivity (Wildman–Crippen MR) is 72.9 cm³/mol. The summed E-state index contributed by atoms with van der Waals surface area (Å²) >= 11 is 5.99. The molecule has 0 aliphatic heterocycles. The van der Waals surface area contributed by atoms with Crippen LogP contribution in [0.3, 0.4) is 0 Å². The fraction of sp³-hybridized carbons (Fsp3) is 0.385. The van der Waals surface area contributed by atoms with Crippen LogP contribution >= 0.6 is 24.0 Å². The highest BCUT2D eigenvalue weighted by atomic mass is 35.5. The molecule has 1 aromatic carbocycles. The molecule has 2 atom stereocenters. The molecule has 2 nitrogen and oxygen atoms in total. The molecular weight excluding hydrogens is 257 g/mol. The molecule has 17 heavy (non-hydrogen) atoms. The Kier molecular flexibility index (Phi) is 5.14. The van der Waals surface area contributed by atoms with Crippen LogP contribution in [-0.2, 0) is 0 Å². The number of halogens is 2. The molecule has 0 bridgehead atoms. The summed E-state index contributed by atoms with van der Waals surface area (Å²) in [6.45, 7) is 1.00. The highest BCUT2D eigenvalue weighted by molar-refractivity contribution is 6.30. The third kappa shape index (κ3) is 3.29. The van der Waals surface area contributed by atoms with Crippen LogP contribution < -0.4 is 10.5 Å². The van der Waals surface area contributed by atoms with E-state index in [1.165, 1.54) is 0 Å². The second-order valence-corrected chi connectivity index (χ2v) is 4.45. The second kappa shape index (κ2) is 6.16. The third-order valence-corrected chi connectivity index (χ3v) is 3.14. The second-order valence-electron chi connectivity index (χ2n) is 4.01. The summed E-state index contributed by atoms with van der Waals surface area (Å²) in [4.78, 5) is 0. The first-order valence-corrected chi connectivity index (χ1v) is 5.70. The van der Waals surface area contributed by atoms with Crippen molar-refractivity contribution in [2.45, 2.75) is 12.3 Å². The lowest BCUT2D eigenvalue weighted by molar-refractivity contribution is 0.366. The highest BCUT2D eigenvalue weighted by Gasteiger charge is 2.38. The first kappa shape index (κ1) is 14.2. The molecule has 2 rings (SSSR count). The molecule has 1 aromatic rings. The maximum Gasteiger partial charge on any atom is 0.148 e. The van der Waals surface area contributed by atoms with Crippen LogP contribution in [-0.4, -0.2) is 13.2 Å². The summed E-state index contributed by atoms with van der Waals surface area (Å²) in [5.41, 5.74) is 6.78. The van der Waals surface area contributed by atoms with Gasteiger partial charge in [-0.3, -0.25) is 0 Å². The van der Waals surface area contributed by atoms with Gasteiger partial charge in [0.25, 0.3) is 0 Å². The van der Waals surface area contributed by atoms with Crippen LogP contribution in [0.2, 0.25) is 5.02 Å². The van der Waals surface area contributed by atoms with Gasteiger partial charge in [-0.2, -0.15) is 0 Å². The summed E-state index contributed by atoms with van der Waals surface area (Å²) in [5.74, 6) is 4.34. The molecular formula is C13H15Cl2NO. The quantitative estimate of drug-likeness (QED) is 0.855. The Balaban J connectivity index is 0.00000144. The van der Waals surface area contributed by atoms with Gasteiger partial charge in [-0.1, -0.05) is 17.5 Å². The van der Waals surface area contributed by atoms with Gasteiger partial charge in [-0.15, -0.1) is 18.8 Å². The van der Waals surface area contributed by atoms with Crippen LogP contribution in [0.1, 0.15) is 17.9 Å². The van der Waals surface area contributed by atoms with Crippen LogP contribution in [0.15, 0.2) is 18.2 Å². The van der Waals surface area contributed by atoms with E-state index in [2.05, 4.69) is 5.92 Å². The Morgan fingerprint density at radius 1 is 1.53 bits per heavy atom. The van der Waals surface area contributed by atoms with E-state index in [1.54, 1.807) is 0 Å². The zero-order valence-electron chi connectivity index (χ0n) is 9.36. The van der Waals surface area contributed by atoms with Crippen molar-refractivity contribution in [1.29, 1.82) is 0 Å². The molecule has 0 radical (unpaired) electrons.